The molecule has 0 saturated carbocycles. The molecule has 5 atom stereocenters. The van der Waals surface area contributed by atoms with Gasteiger partial charge in [0.05, 0.1) is 6.10 Å². The van der Waals surface area contributed by atoms with Gasteiger partial charge in [-0.1, -0.05) is 6.92 Å². The molecule has 150 valence electrons. The zero-order chi connectivity index (χ0) is 19.3. The maximum absolute atomic E-state index is 11.0. The van der Waals surface area contributed by atoms with Crippen molar-refractivity contribution >= 4 is 33.1 Å². The van der Waals surface area contributed by atoms with Crippen molar-refractivity contribution in [2.75, 3.05) is 7.11 Å². The minimum absolute atomic E-state index is 0. The summed E-state index contributed by atoms with van der Waals surface area (Å²) in [6.45, 7) is 1.55. The molecule has 14 nitrogen and oxygen atoms in total. The van der Waals surface area contributed by atoms with Crippen molar-refractivity contribution in [3.8, 4) is 0 Å². The van der Waals surface area contributed by atoms with Crippen LogP contribution in [-0.2, 0) is 52.2 Å². The summed E-state index contributed by atoms with van der Waals surface area (Å²) in [5.74, 6) is 0. The topological polar surface area (TPSA) is 202 Å². The van der Waals surface area contributed by atoms with E-state index < -0.39 is 51.5 Å². The number of ether oxygens (including phenoxy) is 2. The van der Waals surface area contributed by atoms with Crippen LogP contribution >= 0.6 is 12.3 Å². The number of rotatable bonds is 10. The van der Waals surface area contributed by atoms with E-state index >= 15 is 0 Å². The monoisotopic (exact) mass is 498 g/mol. The van der Waals surface area contributed by atoms with Crippen molar-refractivity contribution in [3.05, 3.63) is 0 Å². The van der Waals surface area contributed by atoms with Gasteiger partial charge in [0, 0.05) is 7.11 Å². The predicted octanol–water partition coefficient (Wildman–Crippen LogP) is -11.4. The Kier molecular flexibility index (Phi) is 20.8. The van der Waals surface area contributed by atoms with Crippen LogP contribution in [0.5, 0.6) is 0 Å². The van der Waals surface area contributed by atoms with Gasteiger partial charge in [-0.05, 0) is 6.42 Å². The van der Waals surface area contributed by atoms with Crippen molar-refractivity contribution in [1.29, 1.82) is 0 Å². The molecule has 0 bridgehead atoms. The molecule has 0 aliphatic carbocycles. The summed E-state index contributed by atoms with van der Waals surface area (Å²) < 4.78 is 92.8. The smallest absolute Gasteiger partial charge is 0.726 e. The first-order valence-corrected chi connectivity index (χ1v) is 9.60. The van der Waals surface area contributed by atoms with Crippen molar-refractivity contribution in [3.63, 3.8) is 0 Å². The van der Waals surface area contributed by atoms with E-state index in [1.165, 1.54) is 0 Å². The van der Waals surface area contributed by atoms with Crippen molar-refractivity contribution in [1.82, 2.24) is 0 Å². The Hall–Kier alpha value is 2.85. The van der Waals surface area contributed by atoms with Gasteiger partial charge in [-0.2, -0.15) is 0 Å². The van der Waals surface area contributed by atoms with Crippen LogP contribution in [-0.4, -0.2) is 63.8 Å². The number of hydrogen-bond donors (Lipinski definition) is 0. The van der Waals surface area contributed by atoms with Crippen LogP contribution in [0.15, 0.2) is 0 Å². The Morgan fingerprint density at radius 1 is 0.964 bits per heavy atom. The molecule has 1 aliphatic heterocycles. The molecule has 0 N–H and O–H groups in total. The minimum Gasteiger partial charge on any atom is -0.726 e. The van der Waals surface area contributed by atoms with Gasteiger partial charge in [-0.3, -0.25) is 17.6 Å². The Balaban J connectivity index is -0.00000208. The van der Waals surface area contributed by atoms with Crippen LogP contribution in [0.3, 0.4) is 0 Å². The molecule has 1 rings (SSSR count). The fraction of sp³-hybridized carbons (Fsp3) is 1.00. The minimum atomic E-state index is -5.40. The summed E-state index contributed by atoms with van der Waals surface area (Å²) in [4.78, 5) is 0. The molecular weight excluding hydrogens is 485 g/mol. The van der Waals surface area contributed by atoms with Gasteiger partial charge in [-0.15, -0.1) is 4.33 Å². The summed E-state index contributed by atoms with van der Waals surface area (Å²) in [6, 6.07) is 0. The van der Waals surface area contributed by atoms with Gasteiger partial charge >= 0.3 is 88.7 Å². The second-order valence-corrected chi connectivity index (χ2v) is 6.87. The molecule has 0 aromatic rings. The molecular formula is C8H13Na3O14S3. The Labute approximate surface area is 232 Å². The molecule has 5 unspecified atom stereocenters. The van der Waals surface area contributed by atoms with Crippen molar-refractivity contribution in [2.24, 2.45) is 0 Å². The number of hydrogen-bond acceptors (Lipinski definition) is 15. The molecule has 0 aromatic heterocycles. The summed E-state index contributed by atoms with van der Waals surface area (Å²) in [6.07, 6.45) is -8.04. The first kappa shape index (κ1) is 35.4. The van der Waals surface area contributed by atoms with Gasteiger partial charge in [0.1, 0.15) is 12.2 Å². The van der Waals surface area contributed by atoms with E-state index in [0.29, 0.717) is 0 Å². The third-order valence-electron chi connectivity index (χ3n) is 2.89. The first-order valence-electron chi connectivity index (χ1n) is 6.27. The molecule has 0 radical (unpaired) electrons. The molecule has 1 heterocycles. The van der Waals surface area contributed by atoms with Gasteiger partial charge < -0.3 is 23.8 Å². The normalized spacial score (nSPS) is 27.8. The van der Waals surface area contributed by atoms with Crippen LogP contribution in [0.1, 0.15) is 13.3 Å². The quantitative estimate of drug-likeness (QED) is 0.0522. The summed E-state index contributed by atoms with van der Waals surface area (Å²) in [7, 11) is -9.74. The van der Waals surface area contributed by atoms with Crippen LogP contribution in [0.2, 0.25) is 0 Å². The van der Waals surface area contributed by atoms with Gasteiger partial charge in [0.2, 0.25) is 20.8 Å². The van der Waals surface area contributed by atoms with Crippen LogP contribution in [0, 0.1) is 0 Å². The van der Waals surface area contributed by atoms with Crippen LogP contribution in [0.4, 0.5) is 0 Å². The largest absolute Gasteiger partial charge is 1.00 e. The van der Waals surface area contributed by atoms with Crippen LogP contribution in [0.25, 0.3) is 0 Å². The van der Waals surface area contributed by atoms with E-state index in [2.05, 4.69) is 17.7 Å². The van der Waals surface area contributed by atoms with Crippen LogP contribution < -0.4 is 93.9 Å². The van der Waals surface area contributed by atoms with Gasteiger partial charge in [0.15, 0.2) is 24.7 Å². The first-order chi connectivity index (χ1) is 11.5. The van der Waals surface area contributed by atoms with E-state index in [1.807, 2.05) is 0 Å². The Morgan fingerprint density at radius 2 is 1.46 bits per heavy atom. The SMILES string of the molecule is CCC1OC(OC)C(OS(=O)(=O)[O-])C(OS(=O)(=O)[O-])C1OSOO[O-].[Na+].[Na+].[Na+]. The second kappa shape index (κ2) is 16.5. The fourth-order valence-corrected chi connectivity index (χ4v) is 3.41. The van der Waals surface area contributed by atoms with E-state index in [9.17, 15) is 31.2 Å². The maximum Gasteiger partial charge on any atom is 1.00 e. The summed E-state index contributed by atoms with van der Waals surface area (Å²) in [5.41, 5.74) is 0. The fourth-order valence-electron chi connectivity index (χ4n) is 2.07. The molecule has 1 saturated heterocycles. The zero-order valence-corrected chi connectivity index (χ0v) is 24.0. The summed E-state index contributed by atoms with van der Waals surface area (Å²) >= 11 is -0.0780. The zero-order valence-electron chi connectivity index (χ0n) is 15.5. The average molecular weight is 498 g/mol. The van der Waals surface area contributed by atoms with Crippen molar-refractivity contribution in [2.45, 2.75) is 44.1 Å². The van der Waals surface area contributed by atoms with E-state index in [0.717, 1.165) is 7.11 Å². The molecule has 0 spiro atoms. The maximum atomic E-state index is 11.0. The Morgan fingerprint density at radius 3 is 1.86 bits per heavy atom. The molecule has 1 fully saturated rings. The average Bonchev–Trinajstić information content (AvgIpc) is 2.47. The van der Waals surface area contributed by atoms with E-state index in [1.54, 1.807) is 6.92 Å². The molecule has 0 amide bonds. The van der Waals surface area contributed by atoms with Crippen molar-refractivity contribution < 1.29 is 151 Å². The number of methoxy groups -OCH3 is 1. The predicted molar refractivity (Wildman–Crippen MR) is 69.7 cm³/mol. The third-order valence-corrected chi connectivity index (χ3v) is 4.22. The van der Waals surface area contributed by atoms with E-state index in [-0.39, 0.29) is 107 Å². The summed E-state index contributed by atoms with van der Waals surface area (Å²) in [5, 5.41) is 12.8. The van der Waals surface area contributed by atoms with E-state index in [4.69, 9.17) is 13.7 Å². The van der Waals surface area contributed by atoms with Gasteiger partial charge in [-0.25, -0.2) is 16.8 Å². The Bertz CT molecular complexity index is 617. The second-order valence-electron chi connectivity index (χ2n) is 4.39. The van der Waals surface area contributed by atoms with Gasteiger partial charge in [0.25, 0.3) is 0 Å². The third kappa shape index (κ3) is 12.8. The molecule has 28 heavy (non-hydrogen) atoms. The molecule has 0 aromatic carbocycles. The standard InChI is InChI=1S/C8H16O14S3.3Na/c1-3-4-5(18-23-22-21-9)6(19-24(10,11)12)7(8(16-2)17-4)20-25(13,14)15;;;/h4-9H,3H2,1-2H3,(H,10,11,12)(H,13,14,15);;;/q;3*+1/p-3. The molecule has 1 aliphatic rings. The molecule has 20 heteroatoms.